The molecule has 104 valence electrons. The van der Waals surface area contributed by atoms with E-state index in [0.29, 0.717) is 6.42 Å². The zero-order chi connectivity index (χ0) is 14.2. The maximum Gasteiger partial charge on any atom is 0.348 e. The number of hydrogen-bond donors (Lipinski definition) is 2. The van der Waals surface area contributed by atoms with E-state index >= 15 is 0 Å². The Labute approximate surface area is 106 Å². The molecule has 0 spiro atoms. The molecule has 1 aliphatic rings. The van der Waals surface area contributed by atoms with Crippen molar-refractivity contribution >= 4 is 11.9 Å². The van der Waals surface area contributed by atoms with Crippen molar-refractivity contribution in [1.29, 1.82) is 0 Å². The van der Waals surface area contributed by atoms with E-state index in [0.717, 1.165) is 0 Å². The van der Waals surface area contributed by atoms with E-state index in [1.54, 1.807) is 20.8 Å². The standard InChI is InChI=1S/C12H20O6/c1-5-6-12(16,7-13)9(15)17-8(14)11(4)10(2,3)18-11/h13,16H,5-7H2,1-4H3. The van der Waals surface area contributed by atoms with Crippen molar-refractivity contribution in [2.24, 2.45) is 0 Å². The van der Waals surface area contributed by atoms with Gasteiger partial charge in [-0.2, -0.15) is 0 Å². The Morgan fingerprint density at radius 3 is 2.17 bits per heavy atom. The number of aliphatic hydroxyl groups is 2. The van der Waals surface area contributed by atoms with Gasteiger partial charge in [-0.05, 0) is 27.2 Å². The monoisotopic (exact) mass is 260 g/mol. The Balaban J connectivity index is 2.69. The Hall–Kier alpha value is -0.980. The molecular weight excluding hydrogens is 240 g/mol. The summed E-state index contributed by atoms with van der Waals surface area (Å²) in [5.41, 5.74) is -3.89. The van der Waals surface area contributed by atoms with Gasteiger partial charge in [0.1, 0.15) is 5.60 Å². The molecular formula is C12H20O6. The topological polar surface area (TPSA) is 96.4 Å². The minimum Gasteiger partial charge on any atom is -0.393 e. The van der Waals surface area contributed by atoms with Gasteiger partial charge in [0.2, 0.25) is 0 Å². The minimum absolute atomic E-state index is 0.0244. The predicted octanol–water partition coefficient (Wildman–Crippen LogP) is 0.147. The van der Waals surface area contributed by atoms with Crippen LogP contribution in [0.3, 0.4) is 0 Å². The summed E-state index contributed by atoms with van der Waals surface area (Å²) in [6.45, 7) is 5.87. The first-order valence-corrected chi connectivity index (χ1v) is 5.93. The third-order valence-electron chi connectivity index (χ3n) is 3.45. The fourth-order valence-electron chi connectivity index (χ4n) is 1.71. The zero-order valence-corrected chi connectivity index (χ0v) is 11.1. The normalized spacial score (nSPS) is 28.3. The second kappa shape index (κ2) is 4.60. The highest BCUT2D eigenvalue weighted by atomic mass is 16.7. The van der Waals surface area contributed by atoms with Crippen LogP contribution in [0.1, 0.15) is 40.5 Å². The van der Waals surface area contributed by atoms with E-state index in [1.807, 2.05) is 0 Å². The highest BCUT2D eigenvalue weighted by molar-refractivity contribution is 5.95. The maximum atomic E-state index is 11.8. The molecule has 18 heavy (non-hydrogen) atoms. The maximum absolute atomic E-state index is 11.8. The fraction of sp³-hybridized carbons (Fsp3) is 0.833. The van der Waals surface area contributed by atoms with Crippen LogP contribution < -0.4 is 0 Å². The molecule has 2 atom stereocenters. The SMILES string of the molecule is CCCC(O)(CO)C(=O)OC(=O)C1(C)OC1(C)C. The lowest BCUT2D eigenvalue weighted by Gasteiger charge is -2.22. The van der Waals surface area contributed by atoms with Gasteiger partial charge >= 0.3 is 11.9 Å². The van der Waals surface area contributed by atoms with Gasteiger partial charge in [0.15, 0.2) is 11.2 Å². The zero-order valence-electron chi connectivity index (χ0n) is 11.1. The number of ether oxygens (including phenoxy) is 2. The van der Waals surface area contributed by atoms with Crippen molar-refractivity contribution in [2.75, 3.05) is 6.61 Å². The molecule has 0 saturated carbocycles. The van der Waals surface area contributed by atoms with Crippen LogP contribution in [0, 0.1) is 0 Å². The van der Waals surface area contributed by atoms with Crippen LogP contribution in [0.5, 0.6) is 0 Å². The van der Waals surface area contributed by atoms with Crippen LogP contribution in [-0.4, -0.2) is 45.6 Å². The summed E-state index contributed by atoms with van der Waals surface area (Å²) in [6, 6.07) is 0. The third-order valence-corrected chi connectivity index (χ3v) is 3.45. The number of carbonyl (C=O) groups excluding carboxylic acids is 2. The van der Waals surface area contributed by atoms with E-state index < -0.39 is 35.3 Å². The summed E-state index contributed by atoms with van der Waals surface area (Å²) in [6.07, 6.45) is 0.496. The van der Waals surface area contributed by atoms with Gasteiger partial charge < -0.3 is 19.7 Å². The minimum atomic E-state index is -2.03. The summed E-state index contributed by atoms with van der Waals surface area (Å²) in [7, 11) is 0. The quantitative estimate of drug-likeness (QED) is 0.415. The van der Waals surface area contributed by atoms with Crippen molar-refractivity contribution < 1.29 is 29.3 Å². The van der Waals surface area contributed by atoms with Gasteiger partial charge in [0, 0.05) is 0 Å². The van der Waals surface area contributed by atoms with Crippen molar-refractivity contribution in [3.63, 3.8) is 0 Å². The van der Waals surface area contributed by atoms with Crippen LogP contribution in [0.15, 0.2) is 0 Å². The molecule has 0 amide bonds. The second-order valence-electron chi connectivity index (χ2n) is 5.26. The average Bonchev–Trinajstić information content (AvgIpc) is 2.79. The summed E-state index contributed by atoms with van der Waals surface area (Å²) in [5, 5.41) is 18.9. The summed E-state index contributed by atoms with van der Waals surface area (Å²) >= 11 is 0. The second-order valence-corrected chi connectivity index (χ2v) is 5.26. The Bertz CT molecular complexity index is 364. The van der Waals surface area contributed by atoms with E-state index in [4.69, 9.17) is 9.84 Å². The number of epoxide rings is 1. The summed E-state index contributed by atoms with van der Waals surface area (Å²) in [5.74, 6) is -1.98. The molecule has 2 unspecified atom stereocenters. The lowest BCUT2D eigenvalue weighted by molar-refractivity contribution is -0.180. The lowest BCUT2D eigenvalue weighted by Crippen LogP contribution is -2.46. The van der Waals surface area contributed by atoms with Crippen molar-refractivity contribution in [3.05, 3.63) is 0 Å². The molecule has 0 aromatic carbocycles. The van der Waals surface area contributed by atoms with Crippen molar-refractivity contribution in [1.82, 2.24) is 0 Å². The molecule has 1 fully saturated rings. The summed E-state index contributed by atoms with van der Waals surface area (Å²) in [4.78, 5) is 23.4. The van der Waals surface area contributed by atoms with Crippen molar-refractivity contribution in [2.45, 2.75) is 57.3 Å². The number of carbonyl (C=O) groups is 2. The largest absolute Gasteiger partial charge is 0.393 e. The molecule has 1 rings (SSSR count). The van der Waals surface area contributed by atoms with Crippen LogP contribution in [0.4, 0.5) is 0 Å². The smallest absolute Gasteiger partial charge is 0.348 e. The summed E-state index contributed by atoms with van der Waals surface area (Å²) < 4.78 is 9.80. The molecule has 1 aliphatic heterocycles. The molecule has 0 aromatic rings. The highest BCUT2D eigenvalue weighted by Crippen LogP contribution is 2.48. The molecule has 0 aliphatic carbocycles. The van der Waals surface area contributed by atoms with Crippen molar-refractivity contribution in [3.8, 4) is 0 Å². The first-order chi connectivity index (χ1) is 8.13. The van der Waals surface area contributed by atoms with E-state index in [2.05, 4.69) is 4.74 Å². The number of aliphatic hydroxyl groups excluding tert-OH is 1. The number of hydrogen-bond acceptors (Lipinski definition) is 6. The molecule has 0 bridgehead atoms. The number of esters is 2. The predicted molar refractivity (Wildman–Crippen MR) is 61.6 cm³/mol. The van der Waals surface area contributed by atoms with Crippen LogP contribution in [-0.2, 0) is 19.1 Å². The first kappa shape index (κ1) is 15.1. The molecule has 0 aromatic heterocycles. The Morgan fingerprint density at radius 2 is 1.83 bits per heavy atom. The van der Waals surface area contributed by atoms with Crippen LogP contribution in [0.2, 0.25) is 0 Å². The van der Waals surface area contributed by atoms with Gasteiger partial charge in [-0.1, -0.05) is 13.3 Å². The third kappa shape index (κ3) is 2.41. The molecule has 2 N–H and O–H groups in total. The van der Waals surface area contributed by atoms with E-state index in [9.17, 15) is 14.7 Å². The van der Waals surface area contributed by atoms with Gasteiger partial charge in [-0.15, -0.1) is 0 Å². The fourth-order valence-corrected chi connectivity index (χ4v) is 1.71. The van der Waals surface area contributed by atoms with Gasteiger partial charge in [-0.25, -0.2) is 9.59 Å². The van der Waals surface area contributed by atoms with Crippen LogP contribution >= 0.6 is 0 Å². The molecule has 6 nitrogen and oxygen atoms in total. The van der Waals surface area contributed by atoms with Gasteiger partial charge in [-0.3, -0.25) is 0 Å². The Kier molecular flexibility index (Phi) is 3.86. The van der Waals surface area contributed by atoms with E-state index in [-0.39, 0.29) is 6.42 Å². The number of rotatable bonds is 5. The lowest BCUT2D eigenvalue weighted by atomic mass is 9.97. The van der Waals surface area contributed by atoms with Gasteiger partial charge in [0.25, 0.3) is 0 Å². The molecule has 1 heterocycles. The average molecular weight is 260 g/mol. The first-order valence-electron chi connectivity index (χ1n) is 5.93. The molecule has 0 radical (unpaired) electrons. The van der Waals surface area contributed by atoms with E-state index in [1.165, 1.54) is 6.92 Å². The van der Waals surface area contributed by atoms with Gasteiger partial charge in [0.05, 0.1) is 6.61 Å². The molecule has 1 saturated heterocycles. The Morgan fingerprint density at radius 1 is 1.33 bits per heavy atom. The highest BCUT2D eigenvalue weighted by Gasteiger charge is 2.67. The van der Waals surface area contributed by atoms with Crippen LogP contribution in [0.25, 0.3) is 0 Å². The molecule has 6 heteroatoms.